The van der Waals surface area contributed by atoms with Crippen LogP contribution in [0.15, 0.2) is 55.0 Å². The van der Waals surface area contributed by atoms with Crippen molar-refractivity contribution in [1.29, 1.82) is 0 Å². The molecule has 1 N–H and O–H groups in total. The van der Waals surface area contributed by atoms with Crippen LogP contribution in [-0.4, -0.2) is 44.2 Å². The Kier molecular flexibility index (Phi) is 7.03. The fourth-order valence-electron chi connectivity index (χ4n) is 4.52. The predicted octanol–water partition coefficient (Wildman–Crippen LogP) is 3.87. The van der Waals surface area contributed by atoms with E-state index in [0.717, 1.165) is 12.2 Å². The first-order valence-electron chi connectivity index (χ1n) is 11.1. The van der Waals surface area contributed by atoms with E-state index in [1.54, 1.807) is 0 Å². The second kappa shape index (κ2) is 10.1. The number of ether oxygens (including phenoxy) is 1. The normalized spacial score (nSPS) is 17.8. The lowest BCUT2D eigenvalue weighted by molar-refractivity contribution is -0.140. The molecule has 0 bridgehead atoms. The molecule has 33 heavy (non-hydrogen) atoms. The van der Waals surface area contributed by atoms with Crippen LogP contribution in [0.2, 0.25) is 0 Å². The van der Waals surface area contributed by atoms with Crippen LogP contribution in [0.5, 0.6) is 0 Å². The number of carbonyl (C=O) groups is 1. The summed E-state index contributed by atoms with van der Waals surface area (Å²) in [7, 11) is 1.42. The number of rotatable bonds is 8. The Labute approximate surface area is 199 Å². The molecule has 3 aromatic heterocycles. The van der Waals surface area contributed by atoms with Gasteiger partial charge in [-0.1, -0.05) is 6.07 Å². The Hall–Kier alpha value is -3.26. The highest BCUT2D eigenvalue weighted by atomic mass is 32.1. The van der Waals surface area contributed by atoms with Crippen molar-refractivity contribution in [3.8, 4) is 0 Å². The first-order valence-corrected chi connectivity index (χ1v) is 11.5. The zero-order chi connectivity index (χ0) is 23.4. The fourth-order valence-corrected chi connectivity index (χ4v) is 4.85. The largest absolute Gasteiger partial charge is 0.469 e. The van der Waals surface area contributed by atoms with E-state index in [9.17, 15) is 4.79 Å². The average Bonchev–Trinajstić information content (AvgIpc) is 3.30. The minimum atomic E-state index is -0.207. The minimum Gasteiger partial charge on any atom is -0.469 e. The van der Waals surface area contributed by atoms with Gasteiger partial charge in [-0.2, -0.15) is 0 Å². The van der Waals surface area contributed by atoms with Crippen LogP contribution in [0.3, 0.4) is 0 Å². The third-order valence-electron chi connectivity index (χ3n) is 6.23. The lowest BCUT2D eigenvalue weighted by Crippen LogP contribution is -2.31. The number of pyridine rings is 2. The molecule has 3 aromatic rings. The van der Waals surface area contributed by atoms with Crippen LogP contribution in [-0.2, 0) is 16.1 Å². The quantitative estimate of drug-likeness (QED) is 0.402. The number of methoxy groups -OCH3 is 1. The van der Waals surface area contributed by atoms with Gasteiger partial charge >= 0.3 is 5.97 Å². The fraction of sp³-hybridized carbons (Fsp3) is 0.360. The molecule has 0 aromatic carbocycles. The molecule has 1 aliphatic heterocycles. The van der Waals surface area contributed by atoms with Crippen molar-refractivity contribution in [2.45, 2.75) is 45.3 Å². The maximum atomic E-state index is 11.7. The van der Waals surface area contributed by atoms with Crippen molar-refractivity contribution in [1.82, 2.24) is 24.8 Å². The van der Waals surface area contributed by atoms with E-state index in [1.165, 1.54) is 29.6 Å². The van der Waals surface area contributed by atoms with E-state index >= 15 is 0 Å². The molecule has 0 aliphatic carbocycles. The Morgan fingerprint density at radius 2 is 1.97 bits per heavy atom. The van der Waals surface area contributed by atoms with Crippen LogP contribution < -0.4 is 5.32 Å². The summed E-state index contributed by atoms with van der Waals surface area (Å²) in [4.78, 5) is 22.6. The van der Waals surface area contributed by atoms with Crippen molar-refractivity contribution in [2.24, 2.45) is 0 Å². The summed E-state index contributed by atoms with van der Waals surface area (Å²) in [6.45, 7) is 5.73. The van der Waals surface area contributed by atoms with Gasteiger partial charge in [0.25, 0.3) is 0 Å². The second-order valence-electron chi connectivity index (χ2n) is 8.27. The zero-order valence-electron chi connectivity index (χ0n) is 19.2. The molecule has 1 fully saturated rings. The number of hydrogen-bond donors (Lipinski definition) is 1. The van der Waals surface area contributed by atoms with E-state index < -0.39 is 0 Å². The topological polar surface area (TPSA) is 72.3 Å². The van der Waals surface area contributed by atoms with Gasteiger partial charge in [-0.3, -0.25) is 14.8 Å². The van der Waals surface area contributed by atoms with Gasteiger partial charge in [0, 0.05) is 49.5 Å². The first kappa shape index (κ1) is 22.9. The Bertz CT molecular complexity index is 1120. The third-order valence-corrected chi connectivity index (χ3v) is 6.58. The average molecular weight is 464 g/mol. The van der Waals surface area contributed by atoms with Gasteiger partial charge < -0.3 is 19.5 Å². The van der Waals surface area contributed by atoms with Gasteiger partial charge in [-0.25, -0.2) is 0 Å². The number of hydrogen-bond acceptors (Lipinski definition) is 5. The van der Waals surface area contributed by atoms with E-state index in [1.807, 2.05) is 48.9 Å². The number of nitrogens with zero attached hydrogens (tertiary/aromatic N) is 4. The lowest BCUT2D eigenvalue weighted by atomic mass is 9.96. The standard InChI is InChI=1S/C25H29N5O2S/c1-17-15-20(18(2)30(17)16-19-9-12-26-13-10-19)24-23(21-7-4-5-11-27-21)28-25(33)29(24)14-6-8-22(31)32-3/h4-5,7,9-13,15,23-24H,6,8,14,16H2,1-3H3,(H,28,33). The molecule has 2 unspecified atom stereocenters. The van der Waals surface area contributed by atoms with Gasteiger partial charge in [-0.05, 0) is 73.9 Å². The summed E-state index contributed by atoms with van der Waals surface area (Å²) in [5, 5.41) is 4.17. The predicted molar refractivity (Wildman–Crippen MR) is 131 cm³/mol. The summed E-state index contributed by atoms with van der Waals surface area (Å²) >= 11 is 5.75. The van der Waals surface area contributed by atoms with Crippen molar-refractivity contribution in [2.75, 3.05) is 13.7 Å². The molecular formula is C25H29N5O2S. The van der Waals surface area contributed by atoms with Crippen LogP contribution in [0, 0.1) is 13.8 Å². The molecule has 172 valence electrons. The van der Waals surface area contributed by atoms with Crippen LogP contribution >= 0.6 is 12.2 Å². The van der Waals surface area contributed by atoms with Crippen molar-refractivity contribution in [3.05, 3.63) is 83.2 Å². The second-order valence-corrected chi connectivity index (χ2v) is 8.65. The summed E-state index contributed by atoms with van der Waals surface area (Å²) in [5.41, 5.74) is 5.74. The van der Waals surface area contributed by atoms with Crippen LogP contribution in [0.25, 0.3) is 0 Å². The number of aryl methyl sites for hydroxylation is 1. The van der Waals surface area contributed by atoms with Crippen molar-refractivity contribution in [3.63, 3.8) is 0 Å². The molecule has 0 saturated carbocycles. The minimum absolute atomic E-state index is 0.0255. The summed E-state index contributed by atoms with van der Waals surface area (Å²) in [5.74, 6) is -0.207. The Morgan fingerprint density at radius 3 is 2.67 bits per heavy atom. The molecule has 0 radical (unpaired) electrons. The highest BCUT2D eigenvalue weighted by Crippen LogP contribution is 2.41. The molecule has 4 rings (SSSR count). The maximum Gasteiger partial charge on any atom is 0.305 e. The molecule has 4 heterocycles. The van der Waals surface area contributed by atoms with Crippen LogP contribution in [0.4, 0.5) is 0 Å². The molecule has 1 aliphatic rings. The molecule has 0 amide bonds. The maximum absolute atomic E-state index is 11.7. The summed E-state index contributed by atoms with van der Waals surface area (Å²) in [6, 6.07) is 12.2. The van der Waals surface area contributed by atoms with Gasteiger partial charge in [0.2, 0.25) is 0 Å². The first-order chi connectivity index (χ1) is 16.0. The van der Waals surface area contributed by atoms with E-state index in [2.05, 4.69) is 44.7 Å². The van der Waals surface area contributed by atoms with E-state index in [4.69, 9.17) is 17.0 Å². The van der Waals surface area contributed by atoms with E-state index in [-0.39, 0.29) is 18.1 Å². The molecule has 2 atom stereocenters. The summed E-state index contributed by atoms with van der Waals surface area (Å²) in [6.07, 6.45) is 6.48. The SMILES string of the molecule is COC(=O)CCCN1C(=S)NC(c2ccccn2)C1c1cc(C)n(Cc2ccncc2)c1C. The highest BCUT2D eigenvalue weighted by Gasteiger charge is 2.41. The molecule has 8 heteroatoms. The molecule has 7 nitrogen and oxygen atoms in total. The monoisotopic (exact) mass is 463 g/mol. The Morgan fingerprint density at radius 1 is 1.18 bits per heavy atom. The van der Waals surface area contributed by atoms with Gasteiger partial charge in [0.05, 0.1) is 24.9 Å². The smallest absolute Gasteiger partial charge is 0.305 e. The van der Waals surface area contributed by atoms with Gasteiger partial charge in [0.1, 0.15) is 0 Å². The highest BCUT2D eigenvalue weighted by molar-refractivity contribution is 7.80. The van der Waals surface area contributed by atoms with Gasteiger partial charge in [-0.15, -0.1) is 0 Å². The summed E-state index contributed by atoms with van der Waals surface area (Å²) < 4.78 is 7.14. The van der Waals surface area contributed by atoms with Crippen molar-refractivity contribution >= 4 is 23.3 Å². The number of esters is 1. The number of carbonyl (C=O) groups excluding carboxylic acids is 1. The number of thiocarbonyl (C=S) groups is 1. The van der Waals surface area contributed by atoms with E-state index in [0.29, 0.717) is 24.5 Å². The molecule has 1 saturated heterocycles. The zero-order valence-corrected chi connectivity index (χ0v) is 20.0. The molecule has 0 spiro atoms. The molecular weight excluding hydrogens is 434 g/mol. The lowest BCUT2D eigenvalue weighted by Gasteiger charge is -2.28. The third kappa shape index (κ3) is 4.90. The van der Waals surface area contributed by atoms with Gasteiger partial charge in [0.15, 0.2) is 5.11 Å². The van der Waals surface area contributed by atoms with Crippen molar-refractivity contribution < 1.29 is 9.53 Å². The number of aromatic nitrogens is 3. The van der Waals surface area contributed by atoms with Crippen LogP contribution in [0.1, 0.15) is 53.1 Å². The Balaban J connectivity index is 1.69. The number of nitrogens with one attached hydrogen (secondary N) is 1.